The van der Waals surface area contributed by atoms with E-state index in [1.54, 1.807) is 0 Å². The second kappa shape index (κ2) is 15.2. The highest BCUT2D eigenvalue weighted by Gasteiger charge is 2.28. The number of benzene rings is 1. The molecule has 2 N–H and O–H groups in total. The van der Waals surface area contributed by atoms with Crippen LogP contribution in [0.5, 0.6) is 5.75 Å². The molecule has 2 saturated heterocycles. The van der Waals surface area contributed by atoms with Gasteiger partial charge >= 0.3 is 0 Å². The smallest absolute Gasteiger partial charge is 0.290 e. The van der Waals surface area contributed by atoms with E-state index in [-0.39, 0.29) is 18.9 Å². The van der Waals surface area contributed by atoms with E-state index in [9.17, 15) is 4.79 Å². The van der Waals surface area contributed by atoms with Crippen molar-refractivity contribution in [1.29, 1.82) is 0 Å². The summed E-state index contributed by atoms with van der Waals surface area (Å²) in [6.07, 6.45) is 2.23. The molecule has 1 unspecified atom stereocenters. The Labute approximate surface area is 190 Å². The van der Waals surface area contributed by atoms with Crippen molar-refractivity contribution in [3.63, 3.8) is 0 Å². The summed E-state index contributed by atoms with van der Waals surface area (Å²) in [5.41, 5.74) is 0.764. The molecule has 0 saturated carbocycles. The van der Waals surface area contributed by atoms with E-state index >= 15 is 0 Å². The van der Waals surface area contributed by atoms with E-state index in [0.717, 1.165) is 43.8 Å². The maximum absolute atomic E-state index is 12.7. The van der Waals surface area contributed by atoms with Crippen LogP contribution in [0.1, 0.15) is 37.0 Å². The quantitative estimate of drug-likeness (QED) is 0.654. The normalized spacial score (nSPS) is 19.6. The minimum absolute atomic E-state index is 0.152. The van der Waals surface area contributed by atoms with Gasteiger partial charge in [-0.25, -0.2) is 0 Å². The van der Waals surface area contributed by atoms with Crippen molar-refractivity contribution >= 4 is 18.9 Å². The monoisotopic (exact) mass is 451 g/mol. The first-order chi connectivity index (χ1) is 15.4. The lowest BCUT2D eigenvalue weighted by Gasteiger charge is -2.41. The number of hydrogen-bond acceptors (Lipinski definition) is 6. The average molecular weight is 452 g/mol. The van der Waals surface area contributed by atoms with Crippen LogP contribution in [0, 0.1) is 5.92 Å². The molecule has 9 heteroatoms. The molecule has 0 radical (unpaired) electrons. The molecule has 2 aliphatic rings. The summed E-state index contributed by atoms with van der Waals surface area (Å²) < 4.78 is 5.46. The maximum atomic E-state index is 12.7. The van der Waals surface area contributed by atoms with Crippen molar-refractivity contribution in [2.24, 2.45) is 5.92 Å². The lowest BCUT2D eigenvalue weighted by molar-refractivity contribution is -0.123. The molecule has 32 heavy (non-hydrogen) atoms. The Kier molecular flexibility index (Phi) is 13.0. The molecule has 1 atom stereocenters. The fourth-order valence-electron chi connectivity index (χ4n) is 4.14. The fraction of sp³-hybridized carbons (Fsp3) is 0.609. The number of ether oxygens (including phenoxy) is 1. The Morgan fingerprint density at radius 2 is 1.62 bits per heavy atom. The maximum Gasteiger partial charge on any atom is 0.290 e. The minimum Gasteiger partial charge on any atom is -0.494 e. The SMILES string of the molecule is CCOc1ccc(C(=O)N2CCC(CN3CCN(C)CC3C)CC2)cc1.O=CO.O=CO. The highest BCUT2D eigenvalue weighted by atomic mass is 16.5. The molecule has 3 rings (SSSR count). The minimum atomic E-state index is -0.250. The molecule has 2 aliphatic heterocycles. The van der Waals surface area contributed by atoms with Crippen molar-refractivity contribution in [3.05, 3.63) is 29.8 Å². The molecule has 180 valence electrons. The van der Waals surface area contributed by atoms with Crippen LogP contribution < -0.4 is 4.74 Å². The number of likely N-dealkylation sites (N-methyl/N-ethyl adjacent to an activating group) is 1. The van der Waals surface area contributed by atoms with Crippen molar-refractivity contribution in [2.75, 3.05) is 52.9 Å². The van der Waals surface area contributed by atoms with Gasteiger partial charge in [-0.3, -0.25) is 19.3 Å². The number of hydrogen-bond donors (Lipinski definition) is 2. The van der Waals surface area contributed by atoms with Crippen LogP contribution in [0.3, 0.4) is 0 Å². The van der Waals surface area contributed by atoms with Gasteiger partial charge in [-0.05, 0) is 63.9 Å². The molecule has 0 aliphatic carbocycles. The van der Waals surface area contributed by atoms with Gasteiger partial charge in [-0.1, -0.05) is 0 Å². The van der Waals surface area contributed by atoms with Gasteiger partial charge in [0, 0.05) is 50.9 Å². The lowest BCUT2D eigenvalue weighted by Crippen LogP contribution is -2.52. The lowest BCUT2D eigenvalue weighted by atomic mass is 9.94. The van der Waals surface area contributed by atoms with Gasteiger partial charge in [-0.15, -0.1) is 0 Å². The number of rotatable bonds is 5. The Hall–Kier alpha value is -2.65. The van der Waals surface area contributed by atoms with Crippen molar-refractivity contribution in [3.8, 4) is 5.75 Å². The largest absolute Gasteiger partial charge is 0.494 e. The van der Waals surface area contributed by atoms with Gasteiger partial charge in [0.1, 0.15) is 5.75 Å². The number of piperidine rings is 1. The summed E-state index contributed by atoms with van der Waals surface area (Å²) in [6.45, 7) is 10.9. The van der Waals surface area contributed by atoms with Gasteiger partial charge in [0.15, 0.2) is 0 Å². The van der Waals surface area contributed by atoms with Gasteiger partial charge in [0.05, 0.1) is 6.61 Å². The highest BCUT2D eigenvalue weighted by molar-refractivity contribution is 5.94. The molecule has 2 fully saturated rings. The Morgan fingerprint density at radius 1 is 1.06 bits per heavy atom. The predicted molar refractivity (Wildman–Crippen MR) is 122 cm³/mol. The molecular weight excluding hydrogens is 414 g/mol. The summed E-state index contributed by atoms with van der Waals surface area (Å²) in [5, 5.41) is 13.8. The van der Waals surface area contributed by atoms with Gasteiger partial charge in [0.25, 0.3) is 18.9 Å². The van der Waals surface area contributed by atoms with Crippen LogP contribution in [-0.2, 0) is 9.59 Å². The number of carboxylic acid groups (broad SMARTS) is 2. The summed E-state index contributed by atoms with van der Waals surface area (Å²) in [6, 6.07) is 8.17. The fourth-order valence-corrected chi connectivity index (χ4v) is 4.14. The third-order valence-electron chi connectivity index (χ3n) is 5.77. The van der Waals surface area contributed by atoms with Crippen LogP contribution in [0.15, 0.2) is 24.3 Å². The molecule has 9 nitrogen and oxygen atoms in total. The Balaban J connectivity index is 0.000000769. The topological polar surface area (TPSA) is 111 Å². The molecule has 1 amide bonds. The molecule has 2 heterocycles. The van der Waals surface area contributed by atoms with Gasteiger partial charge in [0.2, 0.25) is 0 Å². The number of amides is 1. The molecular formula is C23H37N3O6. The van der Waals surface area contributed by atoms with Crippen molar-refractivity contribution in [2.45, 2.75) is 32.7 Å². The van der Waals surface area contributed by atoms with Crippen LogP contribution in [0.2, 0.25) is 0 Å². The van der Waals surface area contributed by atoms with E-state index in [1.165, 1.54) is 19.6 Å². The first-order valence-electron chi connectivity index (χ1n) is 11.0. The summed E-state index contributed by atoms with van der Waals surface area (Å²) >= 11 is 0. The molecule has 0 aromatic heterocycles. The zero-order valence-electron chi connectivity index (χ0n) is 19.4. The number of carbonyl (C=O) groups is 3. The Morgan fingerprint density at radius 3 is 2.12 bits per heavy atom. The summed E-state index contributed by atoms with van der Waals surface area (Å²) in [7, 11) is 2.21. The number of carbonyl (C=O) groups excluding carboxylic acids is 1. The number of nitrogens with zero attached hydrogens (tertiary/aromatic N) is 3. The predicted octanol–water partition coefficient (Wildman–Crippen LogP) is 1.98. The first-order valence-corrected chi connectivity index (χ1v) is 11.0. The van der Waals surface area contributed by atoms with E-state index in [2.05, 4.69) is 23.8 Å². The van der Waals surface area contributed by atoms with Crippen molar-refractivity contribution < 1.29 is 29.3 Å². The van der Waals surface area contributed by atoms with Crippen LogP contribution in [0.25, 0.3) is 0 Å². The van der Waals surface area contributed by atoms with Crippen LogP contribution in [0.4, 0.5) is 0 Å². The number of piperazine rings is 1. The van der Waals surface area contributed by atoms with Gasteiger partial charge in [-0.2, -0.15) is 0 Å². The standard InChI is InChI=1S/C21H33N3O2.2CH2O2/c1-4-26-20-7-5-19(6-8-20)21(25)23-11-9-18(10-12-23)16-24-14-13-22(3)15-17(24)2;2*2-1-3/h5-8,17-18H,4,9-16H2,1-3H3;2*1H,(H,2,3). The number of likely N-dealkylation sites (tertiary alicyclic amines) is 1. The van der Waals surface area contributed by atoms with Gasteiger partial charge < -0.3 is 24.7 Å². The molecule has 1 aromatic carbocycles. The first kappa shape index (κ1) is 27.4. The van der Waals surface area contributed by atoms with Crippen LogP contribution in [-0.4, -0.2) is 103 Å². The molecule has 0 bridgehead atoms. The van der Waals surface area contributed by atoms with Crippen molar-refractivity contribution in [1.82, 2.24) is 14.7 Å². The van der Waals surface area contributed by atoms with E-state index in [4.69, 9.17) is 24.5 Å². The Bertz CT molecular complexity index is 671. The van der Waals surface area contributed by atoms with E-state index in [1.807, 2.05) is 36.1 Å². The highest BCUT2D eigenvalue weighted by Crippen LogP contribution is 2.22. The second-order valence-corrected chi connectivity index (χ2v) is 8.01. The molecule has 1 aromatic rings. The zero-order chi connectivity index (χ0) is 23.9. The van der Waals surface area contributed by atoms with E-state index in [0.29, 0.717) is 18.6 Å². The molecule has 0 spiro atoms. The third-order valence-corrected chi connectivity index (χ3v) is 5.77. The summed E-state index contributed by atoms with van der Waals surface area (Å²) in [5.74, 6) is 1.69. The third kappa shape index (κ3) is 9.23. The zero-order valence-corrected chi connectivity index (χ0v) is 19.4. The van der Waals surface area contributed by atoms with Crippen LogP contribution >= 0.6 is 0 Å². The summed E-state index contributed by atoms with van der Waals surface area (Å²) in [4.78, 5) is 36.5. The second-order valence-electron chi connectivity index (χ2n) is 8.01. The average Bonchev–Trinajstić information content (AvgIpc) is 2.78. The van der Waals surface area contributed by atoms with E-state index < -0.39 is 0 Å².